The van der Waals surface area contributed by atoms with Gasteiger partial charge in [-0.25, -0.2) is 0 Å². The molecule has 18 heavy (non-hydrogen) atoms. The van der Waals surface area contributed by atoms with Crippen LogP contribution in [0.3, 0.4) is 0 Å². The molecule has 0 saturated heterocycles. The standard InChI is InChI=1S/C12H24NO4P/c1-11(2)12(14)13-9-7-5-4-6-8-10-18(15,16)17-3/h1,4-10H2,2-3H3,(H,13,14)(H,15,16). The highest BCUT2D eigenvalue weighted by Crippen LogP contribution is 2.41. The van der Waals surface area contributed by atoms with Crippen LogP contribution in [-0.4, -0.2) is 30.6 Å². The molecule has 0 aliphatic rings. The van der Waals surface area contributed by atoms with Crippen molar-refractivity contribution in [2.75, 3.05) is 19.8 Å². The Morgan fingerprint density at radius 1 is 1.28 bits per heavy atom. The molecule has 0 fully saturated rings. The zero-order valence-corrected chi connectivity index (χ0v) is 12.2. The first-order valence-electron chi connectivity index (χ1n) is 6.20. The summed E-state index contributed by atoms with van der Waals surface area (Å²) >= 11 is 0. The lowest BCUT2D eigenvalue weighted by Crippen LogP contribution is -2.24. The van der Waals surface area contributed by atoms with Crippen LogP contribution in [0.25, 0.3) is 0 Å². The summed E-state index contributed by atoms with van der Waals surface area (Å²) in [6, 6.07) is 0. The quantitative estimate of drug-likeness (QED) is 0.365. The van der Waals surface area contributed by atoms with Crippen molar-refractivity contribution in [2.45, 2.75) is 39.0 Å². The molecular weight excluding hydrogens is 253 g/mol. The van der Waals surface area contributed by atoms with Crippen LogP contribution in [0.1, 0.15) is 39.0 Å². The lowest BCUT2D eigenvalue weighted by Gasteiger charge is -2.08. The van der Waals surface area contributed by atoms with E-state index in [0.29, 0.717) is 18.5 Å². The minimum atomic E-state index is -3.33. The van der Waals surface area contributed by atoms with Gasteiger partial charge in [0, 0.05) is 25.4 Å². The Bertz CT molecular complexity index is 317. The van der Waals surface area contributed by atoms with Gasteiger partial charge < -0.3 is 14.7 Å². The van der Waals surface area contributed by atoms with E-state index in [1.54, 1.807) is 6.92 Å². The lowest BCUT2D eigenvalue weighted by atomic mass is 10.1. The Balaban J connectivity index is 3.34. The van der Waals surface area contributed by atoms with Crippen molar-refractivity contribution in [3.63, 3.8) is 0 Å². The fourth-order valence-corrected chi connectivity index (χ4v) is 2.22. The van der Waals surface area contributed by atoms with Crippen molar-refractivity contribution in [1.82, 2.24) is 5.32 Å². The Kier molecular flexibility index (Phi) is 8.98. The van der Waals surface area contributed by atoms with Gasteiger partial charge >= 0.3 is 7.60 Å². The predicted molar refractivity (Wildman–Crippen MR) is 72.6 cm³/mol. The molecule has 0 spiro atoms. The van der Waals surface area contributed by atoms with Crippen LogP contribution >= 0.6 is 7.60 Å². The van der Waals surface area contributed by atoms with E-state index < -0.39 is 7.60 Å². The predicted octanol–water partition coefficient (Wildman–Crippen LogP) is 2.46. The highest BCUT2D eigenvalue weighted by molar-refractivity contribution is 7.52. The topological polar surface area (TPSA) is 75.6 Å². The lowest BCUT2D eigenvalue weighted by molar-refractivity contribution is -0.117. The average Bonchev–Trinajstić information content (AvgIpc) is 2.32. The van der Waals surface area contributed by atoms with Crippen LogP contribution in [-0.2, 0) is 13.9 Å². The summed E-state index contributed by atoms with van der Waals surface area (Å²) in [6.45, 7) is 5.89. The van der Waals surface area contributed by atoms with Crippen molar-refractivity contribution in [3.8, 4) is 0 Å². The van der Waals surface area contributed by atoms with E-state index in [0.717, 1.165) is 25.7 Å². The molecule has 1 unspecified atom stereocenters. The number of nitrogens with one attached hydrogen (secondary N) is 1. The molecule has 1 atom stereocenters. The maximum absolute atomic E-state index is 11.1. The summed E-state index contributed by atoms with van der Waals surface area (Å²) in [6.07, 6.45) is 4.73. The smallest absolute Gasteiger partial charge is 0.327 e. The van der Waals surface area contributed by atoms with Crippen molar-refractivity contribution >= 4 is 13.5 Å². The largest absolute Gasteiger partial charge is 0.352 e. The van der Waals surface area contributed by atoms with Gasteiger partial charge in [0.25, 0.3) is 0 Å². The molecule has 0 aromatic carbocycles. The van der Waals surface area contributed by atoms with Crippen molar-refractivity contribution in [3.05, 3.63) is 12.2 Å². The van der Waals surface area contributed by atoms with Gasteiger partial charge in [-0.1, -0.05) is 25.8 Å². The van der Waals surface area contributed by atoms with E-state index in [2.05, 4.69) is 16.4 Å². The van der Waals surface area contributed by atoms with Gasteiger partial charge in [-0.05, 0) is 19.8 Å². The first kappa shape index (κ1) is 17.4. The number of carbonyl (C=O) groups excluding carboxylic acids is 1. The first-order valence-corrected chi connectivity index (χ1v) is 7.96. The molecule has 6 heteroatoms. The van der Waals surface area contributed by atoms with Gasteiger partial charge in [0.05, 0.1) is 0 Å². The fourth-order valence-electron chi connectivity index (χ4n) is 1.41. The summed E-state index contributed by atoms with van der Waals surface area (Å²) < 4.78 is 15.6. The Labute approximate surface area is 109 Å². The molecule has 0 bridgehead atoms. The molecule has 0 aromatic heterocycles. The highest BCUT2D eigenvalue weighted by atomic mass is 31.2. The molecule has 1 amide bonds. The van der Waals surface area contributed by atoms with E-state index >= 15 is 0 Å². The maximum Gasteiger partial charge on any atom is 0.327 e. The first-order chi connectivity index (χ1) is 8.39. The van der Waals surface area contributed by atoms with E-state index in [1.165, 1.54) is 7.11 Å². The Hall–Kier alpha value is -0.640. The van der Waals surface area contributed by atoms with Crippen molar-refractivity contribution in [1.29, 1.82) is 0 Å². The van der Waals surface area contributed by atoms with Crippen LogP contribution < -0.4 is 5.32 Å². The maximum atomic E-state index is 11.1. The second-order valence-corrected chi connectivity index (χ2v) is 6.43. The Morgan fingerprint density at radius 2 is 1.83 bits per heavy atom. The van der Waals surface area contributed by atoms with Crippen LogP contribution in [0, 0.1) is 0 Å². The number of amides is 1. The monoisotopic (exact) mass is 277 g/mol. The molecule has 0 aliphatic carbocycles. The second kappa shape index (κ2) is 9.31. The normalized spacial score (nSPS) is 13.9. The zero-order chi connectivity index (χ0) is 14.0. The van der Waals surface area contributed by atoms with E-state index in [-0.39, 0.29) is 12.1 Å². The summed E-state index contributed by atoms with van der Waals surface area (Å²) in [4.78, 5) is 20.3. The molecule has 0 aromatic rings. The molecule has 0 heterocycles. The van der Waals surface area contributed by atoms with Crippen LogP contribution in [0.5, 0.6) is 0 Å². The molecule has 5 nitrogen and oxygen atoms in total. The molecule has 106 valence electrons. The summed E-state index contributed by atoms with van der Waals surface area (Å²) in [7, 11) is -2.07. The number of carbonyl (C=O) groups is 1. The van der Waals surface area contributed by atoms with E-state index in [9.17, 15) is 9.36 Å². The van der Waals surface area contributed by atoms with Gasteiger partial charge in [-0.2, -0.15) is 0 Å². The third-order valence-electron chi connectivity index (χ3n) is 2.58. The third-order valence-corrected chi connectivity index (χ3v) is 4.03. The minimum absolute atomic E-state index is 0.101. The van der Waals surface area contributed by atoms with Gasteiger partial charge in [0.2, 0.25) is 5.91 Å². The number of rotatable bonds is 10. The summed E-state index contributed by atoms with van der Waals surface area (Å²) in [5.41, 5.74) is 0.522. The molecule has 0 aliphatic heterocycles. The van der Waals surface area contributed by atoms with Crippen LogP contribution in [0.15, 0.2) is 12.2 Å². The molecule has 0 rings (SSSR count). The summed E-state index contributed by atoms with van der Waals surface area (Å²) in [5.74, 6) is -0.101. The highest BCUT2D eigenvalue weighted by Gasteiger charge is 2.15. The van der Waals surface area contributed by atoms with Crippen LogP contribution in [0.2, 0.25) is 0 Å². The number of hydrogen-bond acceptors (Lipinski definition) is 3. The van der Waals surface area contributed by atoms with Crippen molar-refractivity contribution in [2.24, 2.45) is 0 Å². The van der Waals surface area contributed by atoms with Crippen molar-refractivity contribution < 1.29 is 18.8 Å². The molecule has 2 N–H and O–H groups in total. The van der Waals surface area contributed by atoms with Gasteiger partial charge in [-0.3, -0.25) is 9.36 Å². The second-order valence-electron chi connectivity index (χ2n) is 4.35. The van der Waals surface area contributed by atoms with Gasteiger partial charge in [0.15, 0.2) is 0 Å². The van der Waals surface area contributed by atoms with Gasteiger partial charge in [0.1, 0.15) is 0 Å². The molecule has 0 radical (unpaired) electrons. The molecular formula is C12H24NO4P. The van der Waals surface area contributed by atoms with Crippen LogP contribution in [0.4, 0.5) is 0 Å². The SMILES string of the molecule is C=C(C)C(=O)NCCCCCCCP(=O)(O)OC. The Morgan fingerprint density at radius 3 is 2.39 bits per heavy atom. The average molecular weight is 277 g/mol. The summed E-state index contributed by atoms with van der Waals surface area (Å²) in [5, 5.41) is 2.76. The fraction of sp³-hybridized carbons (Fsp3) is 0.750. The molecule has 0 saturated carbocycles. The van der Waals surface area contributed by atoms with E-state index in [4.69, 9.17) is 4.89 Å². The van der Waals surface area contributed by atoms with Gasteiger partial charge in [-0.15, -0.1) is 0 Å². The third kappa shape index (κ3) is 9.40. The zero-order valence-electron chi connectivity index (χ0n) is 11.3. The number of unbranched alkanes of at least 4 members (excludes halogenated alkanes) is 4. The van der Waals surface area contributed by atoms with E-state index in [1.807, 2.05) is 0 Å². The minimum Gasteiger partial charge on any atom is -0.352 e. The number of hydrogen-bond donors (Lipinski definition) is 2.